The SMILES string of the molecule is O=S1(=O)CC(C2(CCl)CCOCC2)c2ccccc21. The van der Waals surface area contributed by atoms with Gasteiger partial charge < -0.3 is 4.74 Å². The Morgan fingerprint density at radius 3 is 2.63 bits per heavy atom. The summed E-state index contributed by atoms with van der Waals surface area (Å²) in [6.07, 6.45) is 1.68. The molecule has 0 saturated carbocycles. The van der Waals surface area contributed by atoms with E-state index in [2.05, 4.69) is 0 Å². The molecule has 1 unspecified atom stereocenters. The summed E-state index contributed by atoms with van der Waals surface area (Å²) in [7, 11) is -3.15. The van der Waals surface area contributed by atoms with Crippen molar-refractivity contribution in [3.8, 4) is 0 Å². The number of hydrogen-bond acceptors (Lipinski definition) is 3. The lowest BCUT2D eigenvalue weighted by Gasteiger charge is -2.40. The summed E-state index contributed by atoms with van der Waals surface area (Å²) in [4.78, 5) is 0.496. The Morgan fingerprint density at radius 1 is 1.26 bits per heavy atom. The Balaban J connectivity index is 2.07. The van der Waals surface area contributed by atoms with Gasteiger partial charge in [0.15, 0.2) is 9.84 Å². The Bertz CT molecular complexity index is 576. The van der Waals surface area contributed by atoms with Crippen LogP contribution in [0, 0.1) is 5.41 Å². The van der Waals surface area contributed by atoms with Crippen LogP contribution in [-0.2, 0) is 14.6 Å². The summed E-state index contributed by atoms with van der Waals surface area (Å²) < 4.78 is 30.0. The number of rotatable bonds is 2. The van der Waals surface area contributed by atoms with Gasteiger partial charge in [0, 0.05) is 25.0 Å². The average Bonchev–Trinajstić information content (AvgIpc) is 2.73. The Hall–Kier alpha value is -0.580. The van der Waals surface area contributed by atoms with E-state index < -0.39 is 9.84 Å². The summed E-state index contributed by atoms with van der Waals surface area (Å²) in [5.74, 6) is 0.694. The van der Waals surface area contributed by atoms with Gasteiger partial charge in [0.2, 0.25) is 0 Å². The number of alkyl halides is 1. The van der Waals surface area contributed by atoms with E-state index in [0.717, 1.165) is 18.4 Å². The van der Waals surface area contributed by atoms with Gasteiger partial charge in [0.1, 0.15) is 0 Å². The molecule has 1 saturated heterocycles. The standard InChI is InChI=1S/C14H17ClO3S/c15-10-14(5-7-18-8-6-14)12-9-19(16,17)13-4-2-1-3-11(12)13/h1-4,12H,5-10H2. The van der Waals surface area contributed by atoms with Crippen molar-refractivity contribution in [3.05, 3.63) is 29.8 Å². The molecule has 0 aromatic heterocycles. The number of fused-ring (bicyclic) bond motifs is 1. The smallest absolute Gasteiger partial charge is 0.179 e. The van der Waals surface area contributed by atoms with Gasteiger partial charge in [0.05, 0.1) is 10.6 Å². The molecule has 0 aliphatic carbocycles. The number of ether oxygens (including phenoxy) is 1. The second kappa shape index (κ2) is 4.76. The Morgan fingerprint density at radius 2 is 1.95 bits per heavy atom. The van der Waals surface area contributed by atoms with Gasteiger partial charge >= 0.3 is 0 Å². The van der Waals surface area contributed by atoms with Crippen molar-refractivity contribution in [2.75, 3.05) is 24.8 Å². The van der Waals surface area contributed by atoms with Crippen LogP contribution in [0.3, 0.4) is 0 Å². The fraction of sp³-hybridized carbons (Fsp3) is 0.571. The van der Waals surface area contributed by atoms with E-state index in [1.54, 1.807) is 12.1 Å². The largest absolute Gasteiger partial charge is 0.381 e. The highest BCUT2D eigenvalue weighted by Gasteiger charge is 2.47. The predicted molar refractivity (Wildman–Crippen MR) is 74.4 cm³/mol. The van der Waals surface area contributed by atoms with Crippen molar-refractivity contribution in [1.29, 1.82) is 0 Å². The molecule has 1 aromatic rings. The van der Waals surface area contributed by atoms with Gasteiger partial charge in [-0.3, -0.25) is 0 Å². The van der Waals surface area contributed by atoms with Crippen molar-refractivity contribution >= 4 is 21.4 Å². The summed E-state index contributed by atoms with van der Waals surface area (Å²) in [6.45, 7) is 1.34. The zero-order valence-electron chi connectivity index (χ0n) is 10.6. The molecule has 1 atom stereocenters. The van der Waals surface area contributed by atoms with Gasteiger partial charge in [-0.1, -0.05) is 18.2 Å². The van der Waals surface area contributed by atoms with Crippen LogP contribution in [0.25, 0.3) is 0 Å². The van der Waals surface area contributed by atoms with Gasteiger partial charge in [-0.25, -0.2) is 8.42 Å². The van der Waals surface area contributed by atoms with Gasteiger partial charge in [0.25, 0.3) is 0 Å². The molecular formula is C14H17ClO3S. The van der Waals surface area contributed by atoms with Crippen molar-refractivity contribution in [2.45, 2.75) is 23.7 Å². The molecule has 1 aromatic carbocycles. The summed E-state index contributed by atoms with van der Waals surface area (Å²) in [6, 6.07) is 7.35. The summed E-state index contributed by atoms with van der Waals surface area (Å²) in [5.41, 5.74) is 0.810. The van der Waals surface area contributed by atoms with E-state index in [1.807, 2.05) is 12.1 Å². The first-order chi connectivity index (χ1) is 9.09. The second-order valence-electron chi connectivity index (χ2n) is 5.48. The molecule has 3 rings (SSSR count). The minimum atomic E-state index is -3.15. The normalized spacial score (nSPS) is 27.9. The van der Waals surface area contributed by atoms with Crippen LogP contribution in [0.5, 0.6) is 0 Å². The topological polar surface area (TPSA) is 43.4 Å². The minimum absolute atomic E-state index is 0.00935. The third-order valence-electron chi connectivity index (χ3n) is 4.51. The second-order valence-corrected chi connectivity index (χ2v) is 7.75. The van der Waals surface area contributed by atoms with Crippen molar-refractivity contribution in [1.82, 2.24) is 0 Å². The van der Waals surface area contributed by atoms with E-state index >= 15 is 0 Å². The molecule has 2 aliphatic heterocycles. The highest BCUT2D eigenvalue weighted by atomic mass is 35.5. The molecule has 19 heavy (non-hydrogen) atoms. The number of sulfone groups is 1. The summed E-state index contributed by atoms with van der Waals surface area (Å²) in [5, 5.41) is 0. The minimum Gasteiger partial charge on any atom is -0.381 e. The van der Waals surface area contributed by atoms with Crippen molar-refractivity contribution in [3.63, 3.8) is 0 Å². The zero-order chi connectivity index (χ0) is 13.5. The first-order valence-corrected chi connectivity index (χ1v) is 8.73. The maximum Gasteiger partial charge on any atom is 0.179 e. The third-order valence-corrected chi connectivity index (χ3v) is 6.86. The van der Waals surface area contributed by atoms with E-state index in [9.17, 15) is 8.42 Å². The van der Waals surface area contributed by atoms with Gasteiger partial charge in [-0.05, 0) is 29.9 Å². The highest BCUT2D eigenvalue weighted by Crippen LogP contribution is 2.50. The molecule has 3 nitrogen and oxygen atoms in total. The molecule has 0 N–H and O–H groups in total. The van der Waals surface area contributed by atoms with Crippen LogP contribution in [0.4, 0.5) is 0 Å². The number of hydrogen-bond donors (Lipinski definition) is 0. The maximum absolute atomic E-state index is 12.3. The molecule has 104 valence electrons. The number of benzene rings is 1. The lowest BCUT2D eigenvalue weighted by atomic mass is 9.69. The molecule has 0 amide bonds. The van der Waals surface area contributed by atoms with E-state index in [-0.39, 0.29) is 17.1 Å². The lowest BCUT2D eigenvalue weighted by Crippen LogP contribution is -2.38. The lowest BCUT2D eigenvalue weighted by molar-refractivity contribution is 0.0152. The first kappa shape index (κ1) is 13.4. The Labute approximate surface area is 118 Å². The van der Waals surface area contributed by atoms with Crippen molar-refractivity contribution in [2.24, 2.45) is 5.41 Å². The third kappa shape index (κ3) is 2.10. The molecular weight excluding hydrogens is 284 g/mol. The van der Waals surface area contributed by atoms with E-state index in [0.29, 0.717) is 24.0 Å². The molecule has 0 radical (unpaired) electrons. The van der Waals surface area contributed by atoms with Crippen LogP contribution in [-0.4, -0.2) is 33.3 Å². The van der Waals surface area contributed by atoms with Gasteiger partial charge in [-0.2, -0.15) is 0 Å². The molecule has 2 aliphatic rings. The molecule has 1 fully saturated rings. The van der Waals surface area contributed by atoms with E-state index in [1.165, 1.54) is 0 Å². The van der Waals surface area contributed by atoms with Crippen molar-refractivity contribution < 1.29 is 13.2 Å². The quantitative estimate of drug-likeness (QED) is 0.789. The monoisotopic (exact) mass is 300 g/mol. The molecule has 2 heterocycles. The Kier molecular flexibility index (Phi) is 3.36. The fourth-order valence-corrected chi connectivity index (χ4v) is 5.77. The van der Waals surface area contributed by atoms with E-state index in [4.69, 9.17) is 16.3 Å². The van der Waals surface area contributed by atoms with Crippen LogP contribution < -0.4 is 0 Å². The predicted octanol–water partition coefficient (Wildman–Crippen LogP) is 2.59. The molecule has 0 bridgehead atoms. The highest BCUT2D eigenvalue weighted by molar-refractivity contribution is 7.91. The molecule has 5 heteroatoms. The summed E-state index contributed by atoms with van der Waals surface area (Å²) >= 11 is 6.23. The van der Waals surface area contributed by atoms with Crippen LogP contribution in [0.2, 0.25) is 0 Å². The van der Waals surface area contributed by atoms with Crippen LogP contribution in [0.1, 0.15) is 24.3 Å². The first-order valence-electron chi connectivity index (χ1n) is 6.54. The van der Waals surface area contributed by atoms with Gasteiger partial charge in [-0.15, -0.1) is 11.6 Å². The zero-order valence-corrected chi connectivity index (χ0v) is 12.2. The van der Waals surface area contributed by atoms with Crippen LogP contribution in [0.15, 0.2) is 29.2 Å². The van der Waals surface area contributed by atoms with Crippen LogP contribution >= 0.6 is 11.6 Å². The number of halogens is 1. The maximum atomic E-state index is 12.3. The average molecular weight is 301 g/mol. The fourth-order valence-electron chi connectivity index (χ4n) is 3.31. The molecule has 0 spiro atoms.